The molecule has 1 aliphatic carbocycles. The van der Waals surface area contributed by atoms with Crippen LogP contribution >= 0.6 is 0 Å². The van der Waals surface area contributed by atoms with Crippen LogP contribution in [0.25, 0.3) is 27.7 Å². The van der Waals surface area contributed by atoms with Crippen molar-refractivity contribution in [2.75, 3.05) is 36.9 Å². The van der Waals surface area contributed by atoms with Crippen molar-refractivity contribution in [2.45, 2.75) is 81.5 Å². The lowest BCUT2D eigenvalue weighted by molar-refractivity contribution is -0.137. The molecule has 8 heterocycles. The lowest BCUT2D eigenvalue weighted by atomic mass is 9.86. The summed E-state index contributed by atoms with van der Waals surface area (Å²) in [4.78, 5) is 17.9. The third-order valence-electron chi connectivity index (χ3n) is 11.7. The zero-order chi connectivity index (χ0) is 32.1. The van der Waals surface area contributed by atoms with E-state index in [-0.39, 0.29) is 58.3 Å². The summed E-state index contributed by atoms with van der Waals surface area (Å²) >= 11 is 0. The predicted molar refractivity (Wildman–Crippen MR) is 163 cm³/mol. The van der Waals surface area contributed by atoms with E-state index in [1.54, 1.807) is 6.92 Å². The summed E-state index contributed by atoms with van der Waals surface area (Å²) in [6.07, 6.45) is -2.21. The lowest BCUT2D eigenvalue weighted by Gasteiger charge is -2.43. The molecule has 1 aromatic carbocycles. The van der Waals surface area contributed by atoms with E-state index in [0.717, 1.165) is 31.9 Å². The number of piperidine rings is 2. The van der Waals surface area contributed by atoms with Gasteiger partial charge in [-0.25, -0.2) is 13.8 Å². The average molecular weight is 640 g/mol. The monoisotopic (exact) mass is 639 g/mol. The standard InChI is InChI=1S/C33H34F5N7O/c1-14-7-20(39)41-26(24(14)33(36,37)38)22-16(3)21-15(2)9-32-19-8-18(40-28(19)32)12-45(32)29-23(21)27(25(22)35)42-30(43-29)46-13-31-5-4-6-44(31)11-17(34)10-31/h7,17-19,28,40H,2,4-6,8-13H2,1,3H3,(H2,39,41)/t17-,18-,19?,28+,31+,32-/m1/s1. The Morgan fingerprint density at radius 3 is 2.72 bits per heavy atom. The number of ether oxygens (including phenoxy) is 1. The molecular weight excluding hydrogens is 605 g/mol. The summed E-state index contributed by atoms with van der Waals surface area (Å²) < 4.78 is 81.5. The molecule has 1 spiro atoms. The van der Waals surface area contributed by atoms with E-state index in [1.807, 2.05) is 0 Å². The van der Waals surface area contributed by atoms with Gasteiger partial charge in [-0.1, -0.05) is 6.58 Å². The number of nitrogen functional groups attached to an aromatic ring is 1. The van der Waals surface area contributed by atoms with E-state index in [2.05, 4.69) is 31.7 Å². The van der Waals surface area contributed by atoms with Gasteiger partial charge in [-0.2, -0.15) is 23.1 Å². The number of aryl methyl sites for hydroxylation is 1. The second kappa shape index (κ2) is 9.06. The minimum absolute atomic E-state index is 0.0782. The molecule has 3 aromatic rings. The van der Waals surface area contributed by atoms with Crippen LogP contribution in [-0.4, -0.2) is 75.4 Å². The number of alkyl halides is 4. The highest BCUT2D eigenvalue weighted by molar-refractivity contribution is 6.06. The third kappa shape index (κ3) is 3.64. The Labute approximate surface area is 262 Å². The highest BCUT2D eigenvalue weighted by Crippen LogP contribution is 2.65. The molecule has 0 amide bonds. The van der Waals surface area contributed by atoms with Crippen molar-refractivity contribution in [3.05, 3.63) is 40.7 Å². The van der Waals surface area contributed by atoms with Gasteiger partial charge >= 0.3 is 12.2 Å². The van der Waals surface area contributed by atoms with E-state index >= 15 is 4.39 Å². The molecule has 0 radical (unpaired) electrons. The predicted octanol–water partition coefficient (Wildman–Crippen LogP) is 5.34. The van der Waals surface area contributed by atoms with Crippen molar-refractivity contribution in [3.8, 4) is 17.3 Å². The first-order valence-electron chi connectivity index (χ1n) is 15.9. The molecule has 6 aliphatic heterocycles. The number of nitrogens with one attached hydrogen (secondary N) is 1. The van der Waals surface area contributed by atoms with Gasteiger partial charge in [0.2, 0.25) is 0 Å². The summed E-state index contributed by atoms with van der Waals surface area (Å²) in [6, 6.07) is 1.51. The molecule has 4 bridgehead atoms. The van der Waals surface area contributed by atoms with Crippen molar-refractivity contribution in [2.24, 2.45) is 5.92 Å². The number of nitrogens with two attached hydrogens (primary N) is 1. The van der Waals surface area contributed by atoms with E-state index < -0.39 is 35.0 Å². The zero-order valence-electron chi connectivity index (χ0n) is 25.6. The number of hydrogen-bond acceptors (Lipinski definition) is 8. The van der Waals surface area contributed by atoms with Crippen LogP contribution in [0.15, 0.2) is 12.6 Å². The smallest absolute Gasteiger partial charge is 0.418 e. The average Bonchev–Trinajstić information content (AvgIpc) is 3.24. The van der Waals surface area contributed by atoms with Gasteiger partial charge in [0.25, 0.3) is 0 Å². The number of rotatable bonds is 4. The fourth-order valence-corrected chi connectivity index (χ4v) is 9.95. The Morgan fingerprint density at radius 1 is 1.17 bits per heavy atom. The summed E-state index contributed by atoms with van der Waals surface area (Å²) in [6.45, 7) is 9.22. The summed E-state index contributed by atoms with van der Waals surface area (Å²) in [5, 5.41) is 4.12. The van der Waals surface area contributed by atoms with Gasteiger partial charge < -0.3 is 20.7 Å². The van der Waals surface area contributed by atoms with Crippen molar-refractivity contribution < 1.29 is 26.7 Å². The normalized spacial score (nSPS) is 32.6. The second-order valence-corrected chi connectivity index (χ2v) is 14.3. The minimum atomic E-state index is -4.82. The highest BCUT2D eigenvalue weighted by atomic mass is 19.4. The van der Waals surface area contributed by atoms with Crippen LogP contribution in [0.1, 0.15) is 54.4 Å². The van der Waals surface area contributed by atoms with Crippen LogP contribution in [0, 0.1) is 25.6 Å². The topological polar surface area (TPSA) is 92.4 Å². The number of fused-ring (bicyclic) bond motifs is 1. The fourth-order valence-electron chi connectivity index (χ4n) is 9.95. The Hall–Kier alpha value is -3.58. The largest absolute Gasteiger partial charge is 0.461 e. The molecule has 7 aliphatic rings. The van der Waals surface area contributed by atoms with Crippen molar-refractivity contribution in [3.63, 3.8) is 0 Å². The van der Waals surface area contributed by atoms with Crippen molar-refractivity contribution >= 4 is 28.1 Å². The molecule has 10 rings (SSSR count). The number of benzene rings is 1. The first-order valence-corrected chi connectivity index (χ1v) is 15.9. The number of piperazine rings is 1. The van der Waals surface area contributed by atoms with Gasteiger partial charge in [0.1, 0.15) is 29.9 Å². The number of hydrogen-bond donors (Lipinski definition) is 2. The number of aromatic nitrogens is 3. The number of anilines is 2. The molecule has 242 valence electrons. The lowest BCUT2D eigenvalue weighted by Crippen LogP contribution is -2.58. The van der Waals surface area contributed by atoms with Crippen LogP contribution < -0.4 is 20.7 Å². The van der Waals surface area contributed by atoms with Gasteiger partial charge in [0.05, 0.1) is 27.7 Å². The van der Waals surface area contributed by atoms with E-state index in [1.165, 1.54) is 6.92 Å². The fraction of sp³-hybridized carbons (Fsp3) is 0.545. The molecular formula is C33H34F5N7O. The van der Waals surface area contributed by atoms with Gasteiger partial charge in [-0.3, -0.25) is 4.90 Å². The van der Waals surface area contributed by atoms with Gasteiger partial charge in [0.15, 0.2) is 5.82 Å². The molecule has 8 nitrogen and oxygen atoms in total. The molecule has 2 aromatic heterocycles. The van der Waals surface area contributed by atoms with Gasteiger partial charge in [-0.05, 0) is 74.4 Å². The van der Waals surface area contributed by atoms with Crippen LogP contribution in [0.2, 0.25) is 0 Å². The maximum absolute atomic E-state index is 17.1. The molecule has 1 unspecified atom stereocenters. The Bertz CT molecular complexity index is 1870. The molecule has 6 atom stereocenters. The van der Waals surface area contributed by atoms with E-state index in [9.17, 15) is 17.6 Å². The first kappa shape index (κ1) is 28.6. The van der Waals surface area contributed by atoms with E-state index in [0.29, 0.717) is 54.2 Å². The molecule has 6 fully saturated rings. The number of pyridine rings is 1. The Kier molecular flexibility index (Phi) is 5.64. The summed E-state index contributed by atoms with van der Waals surface area (Å²) in [5.41, 5.74) is 4.40. The molecule has 3 N–H and O–H groups in total. The second-order valence-electron chi connectivity index (χ2n) is 14.3. The van der Waals surface area contributed by atoms with Crippen LogP contribution in [0.4, 0.5) is 33.6 Å². The maximum atomic E-state index is 17.1. The minimum Gasteiger partial charge on any atom is -0.461 e. The SMILES string of the molecule is C=C1C[C@]23C4C[C@H](CN2c2nc(OC[C@@]56CCCN5C[C@H](F)C6)nc5c(F)c(-c6nc(N)cc(C)c6C(F)(F)F)c(C)c1c25)N[C@@H]43. The number of halogens is 5. The van der Waals surface area contributed by atoms with Gasteiger partial charge in [-0.15, -0.1) is 0 Å². The highest BCUT2D eigenvalue weighted by Gasteiger charge is 2.75. The van der Waals surface area contributed by atoms with E-state index in [4.69, 9.17) is 15.5 Å². The van der Waals surface area contributed by atoms with Crippen LogP contribution in [0.5, 0.6) is 6.01 Å². The quantitative estimate of drug-likeness (QED) is 0.370. The first-order chi connectivity index (χ1) is 21.8. The molecule has 5 saturated heterocycles. The number of nitrogens with zero attached hydrogens (tertiary/aromatic N) is 5. The molecule has 13 heteroatoms. The van der Waals surface area contributed by atoms with Gasteiger partial charge in [0, 0.05) is 43.1 Å². The summed E-state index contributed by atoms with van der Waals surface area (Å²) in [7, 11) is 0. The van der Waals surface area contributed by atoms with Crippen molar-refractivity contribution in [1.29, 1.82) is 0 Å². The molecule has 46 heavy (non-hydrogen) atoms. The summed E-state index contributed by atoms with van der Waals surface area (Å²) in [5.74, 6) is -0.252. The Morgan fingerprint density at radius 2 is 1.98 bits per heavy atom. The molecule has 1 saturated carbocycles. The van der Waals surface area contributed by atoms with Crippen molar-refractivity contribution in [1.82, 2.24) is 25.2 Å². The Balaban J connectivity index is 1.28. The van der Waals surface area contributed by atoms with Crippen LogP contribution in [0.3, 0.4) is 0 Å². The maximum Gasteiger partial charge on any atom is 0.418 e. The third-order valence-corrected chi connectivity index (χ3v) is 11.7. The van der Waals surface area contributed by atoms with Crippen LogP contribution in [-0.2, 0) is 6.18 Å². The zero-order valence-corrected chi connectivity index (χ0v) is 25.6.